The lowest BCUT2D eigenvalue weighted by Crippen LogP contribution is -2.22. The molecular formula is C24H17Br2FN4O4. The standard InChI is InChI=1S/C24H17Br2FN4O4/c1-2-22-29-20-7-6-16(25)10-19(20)24(32)30(22)28-12-15-9-17(26)11-21(31(33)34)23(15)35-13-14-4-3-5-18(27)8-14/h3-12H,2,13H2,1H3. The van der Waals surface area contributed by atoms with Gasteiger partial charge in [-0.05, 0) is 42.0 Å². The van der Waals surface area contributed by atoms with Gasteiger partial charge < -0.3 is 4.74 Å². The fourth-order valence-electron chi connectivity index (χ4n) is 3.43. The zero-order chi connectivity index (χ0) is 25.1. The lowest BCUT2D eigenvalue weighted by Gasteiger charge is -2.11. The lowest BCUT2D eigenvalue weighted by molar-refractivity contribution is -0.386. The third-order valence-electron chi connectivity index (χ3n) is 5.04. The van der Waals surface area contributed by atoms with Crippen molar-refractivity contribution < 1.29 is 14.1 Å². The fourth-order valence-corrected chi connectivity index (χ4v) is 4.26. The van der Waals surface area contributed by atoms with Crippen LogP contribution in [0.3, 0.4) is 0 Å². The van der Waals surface area contributed by atoms with Gasteiger partial charge in [0, 0.05) is 27.0 Å². The minimum Gasteiger partial charge on any atom is -0.481 e. The summed E-state index contributed by atoms with van der Waals surface area (Å²) in [6.45, 7) is 1.74. The number of nitrogens with zero attached hydrogens (tertiary/aromatic N) is 4. The zero-order valence-electron chi connectivity index (χ0n) is 18.2. The van der Waals surface area contributed by atoms with Crippen molar-refractivity contribution in [2.24, 2.45) is 5.10 Å². The molecule has 11 heteroatoms. The van der Waals surface area contributed by atoms with E-state index < -0.39 is 10.7 Å². The van der Waals surface area contributed by atoms with Crippen LogP contribution in [-0.2, 0) is 13.0 Å². The Morgan fingerprint density at radius 3 is 2.69 bits per heavy atom. The highest BCUT2D eigenvalue weighted by Crippen LogP contribution is 2.34. The molecule has 178 valence electrons. The predicted octanol–water partition coefficient (Wildman–Crippen LogP) is 5.99. The van der Waals surface area contributed by atoms with Crippen LogP contribution in [0.4, 0.5) is 10.1 Å². The first-order valence-corrected chi connectivity index (χ1v) is 12.0. The quantitative estimate of drug-likeness (QED) is 0.147. The van der Waals surface area contributed by atoms with Crippen LogP contribution in [0.1, 0.15) is 23.9 Å². The van der Waals surface area contributed by atoms with Gasteiger partial charge in [0.15, 0.2) is 0 Å². The minimum absolute atomic E-state index is 0.0613. The van der Waals surface area contributed by atoms with Gasteiger partial charge in [-0.3, -0.25) is 14.9 Å². The molecule has 0 saturated carbocycles. The second-order valence-corrected chi connectivity index (χ2v) is 9.25. The normalized spacial score (nSPS) is 11.3. The van der Waals surface area contributed by atoms with E-state index in [1.54, 1.807) is 30.3 Å². The number of rotatable bonds is 7. The molecule has 3 aromatic carbocycles. The molecule has 0 amide bonds. The van der Waals surface area contributed by atoms with Gasteiger partial charge in [-0.2, -0.15) is 9.78 Å². The number of aryl methyl sites for hydroxylation is 1. The lowest BCUT2D eigenvalue weighted by atomic mass is 10.2. The molecule has 4 aromatic rings. The third kappa shape index (κ3) is 5.46. The second kappa shape index (κ2) is 10.4. The summed E-state index contributed by atoms with van der Waals surface area (Å²) >= 11 is 6.63. The number of aromatic nitrogens is 2. The largest absolute Gasteiger partial charge is 0.481 e. The minimum atomic E-state index is -0.582. The summed E-state index contributed by atoms with van der Waals surface area (Å²) in [5.74, 6) is -0.0818. The molecule has 0 atom stereocenters. The summed E-state index contributed by atoms with van der Waals surface area (Å²) in [4.78, 5) is 28.8. The summed E-state index contributed by atoms with van der Waals surface area (Å²) < 4.78 is 21.6. The maximum absolute atomic E-state index is 13.6. The summed E-state index contributed by atoms with van der Waals surface area (Å²) in [6, 6.07) is 13.8. The first-order valence-electron chi connectivity index (χ1n) is 10.4. The Morgan fingerprint density at radius 2 is 1.97 bits per heavy atom. The summed E-state index contributed by atoms with van der Waals surface area (Å²) in [5.41, 5.74) is 0.611. The Hall–Kier alpha value is -3.44. The van der Waals surface area contributed by atoms with E-state index in [4.69, 9.17) is 4.74 Å². The molecule has 8 nitrogen and oxygen atoms in total. The Labute approximate surface area is 215 Å². The molecule has 0 bridgehead atoms. The highest BCUT2D eigenvalue weighted by molar-refractivity contribution is 9.10. The van der Waals surface area contributed by atoms with E-state index in [-0.39, 0.29) is 29.2 Å². The van der Waals surface area contributed by atoms with Gasteiger partial charge in [0.1, 0.15) is 18.2 Å². The van der Waals surface area contributed by atoms with Crippen LogP contribution >= 0.6 is 31.9 Å². The highest BCUT2D eigenvalue weighted by Gasteiger charge is 2.21. The number of nitro benzene ring substituents is 1. The van der Waals surface area contributed by atoms with E-state index in [9.17, 15) is 19.3 Å². The molecule has 1 aromatic heterocycles. The Bertz CT molecular complexity index is 1540. The maximum atomic E-state index is 13.6. The van der Waals surface area contributed by atoms with Crippen molar-refractivity contribution in [1.82, 2.24) is 9.66 Å². The molecule has 0 saturated heterocycles. The van der Waals surface area contributed by atoms with Gasteiger partial charge in [0.05, 0.1) is 22.0 Å². The molecule has 0 N–H and O–H groups in total. The van der Waals surface area contributed by atoms with E-state index in [0.29, 0.717) is 33.2 Å². The van der Waals surface area contributed by atoms with E-state index in [2.05, 4.69) is 41.9 Å². The van der Waals surface area contributed by atoms with Crippen LogP contribution in [0.25, 0.3) is 10.9 Å². The van der Waals surface area contributed by atoms with Crippen LogP contribution in [-0.4, -0.2) is 20.8 Å². The van der Waals surface area contributed by atoms with Crippen LogP contribution in [0.5, 0.6) is 5.75 Å². The molecule has 0 aliphatic heterocycles. The molecule has 0 fully saturated rings. The van der Waals surface area contributed by atoms with Gasteiger partial charge >= 0.3 is 5.69 Å². The molecule has 0 spiro atoms. The van der Waals surface area contributed by atoms with Crippen molar-refractivity contribution in [3.05, 3.63) is 107 Å². The smallest absolute Gasteiger partial charge is 0.312 e. The summed E-state index contributed by atoms with van der Waals surface area (Å²) in [7, 11) is 0. The molecule has 0 radical (unpaired) electrons. The molecular weight excluding hydrogens is 587 g/mol. The molecule has 1 heterocycles. The van der Waals surface area contributed by atoms with E-state index in [1.807, 2.05) is 6.92 Å². The Morgan fingerprint density at radius 1 is 1.17 bits per heavy atom. The first-order chi connectivity index (χ1) is 16.8. The van der Waals surface area contributed by atoms with Gasteiger partial charge in [-0.25, -0.2) is 9.37 Å². The average Bonchev–Trinajstić information content (AvgIpc) is 2.82. The van der Waals surface area contributed by atoms with Crippen molar-refractivity contribution in [2.45, 2.75) is 20.0 Å². The monoisotopic (exact) mass is 602 g/mol. The average molecular weight is 604 g/mol. The topological polar surface area (TPSA) is 99.6 Å². The summed E-state index contributed by atoms with van der Waals surface area (Å²) in [6.07, 6.45) is 1.74. The highest BCUT2D eigenvalue weighted by atomic mass is 79.9. The van der Waals surface area contributed by atoms with Gasteiger partial charge in [-0.15, -0.1) is 0 Å². The molecule has 4 rings (SSSR count). The van der Waals surface area contributed by atoms with Crippen molar-refractivity contribution >= 4 is 54.7 Å². The number of benzene rings is 3. The Balaban J connectivity index is 1.80. The van der Waals surface area contributed by atoms with Crippen LogP contribution in [0.15, 0.2) is 73.4 Å². The Kier molecular flexibility index (Phi) is 7.37. The zero-order valence-corrected chi connectivity index (χ0v) is 21.4. The number of ether oxygens (including phenoxy) is 1. The van der Waals surface area contributed by atoms with E-state index in [1.165, 1.54) is 30.5 Å². The SMILES string of the molecule is CCc1nc2ccc(Br)cc2c(=O)n1N=Cc1cc(Br)cc([N+](=O)[O-])c1OCc1cccc(F)c1. The number of nitro groups is 1. The first kappa shape index (κ1) is 24.7. The van der Waals surface area contributed by atoms with Crippen molar-refractivity contribution in [3.8, 4) is 5.75 Å². The van der Waals surface area contributed by atoms with E-state index in [0.717, 1.165) is 9.15 Å². The van der Waals surface area contributed by atoms with Gasteiger partial charge in [-0.1, -0.05) is 50.9 Å². The molecule has 0 aliphatic rings. The number of halogens is 3. The number of hydrogen-bond acceptors (Lipinski definition) is 6. The fraction of sp³-hybridized carbons (Fsp3) is 0.125. The predicted molar refractivity (Wildman–Crippen MR) is 138 cm³/mol. The molecule has 0 unspecified atom stereocenters. The van der Waals surface area contributed by atoms with Gasteiger partial charge in [0.2, 0.25) is 5.75 Å². The van der Waals surface area contributed by atoms with Crippen molar-refractivity contribution in [1.29, 1.82) is 0 Å². The molecule has 0 aliphatic carbocycles. The number of hydrogen-bond donors (Lipinski definition) is 0. The maximum Gasteiger partial charge on any atom is 0.312 e. The summed E-state index contributed by atoms with van der Waals surface area (Å²) in [5, 5.41) is 16.4. The molecule has 35 heavy (non-hydrogen) atoms. The van der Waals surface area contributed by atoms with Crippen LogP contribution in [0, 0.1) is 15.9 Å². The van der Waals surface area contributed by atoms with Crippen LogP contribution < -0.4 is 10.3 Å². The van der Waals surface area contributed by atoms with Crippen molar-refractivity contribution in [2.75, 3.05) is 0 Å². The van der Waals surface area contributed by atoms with Gasteiger partial charge in [0.25, 0.3) is 5.56 Å². The number of fused-ring (bicyclic) bond motifs is 1. The second-order valence-electron chi connectivity index (χ2n) is 7.42. The van der Waals surface area contributed by atoms with Crippen LogP contribution in [0.2, 0.25) is 0 Å². The van der Waals surface area contributed by atoms with E-state index >= 15 is 0 Å². The third-order valence-corrected chi connectivity index (χ3v) is 5.99. The van der Waals surface area contributed by atoms with Crippen molar-refractivity contribution in [3.63, 3.8) is 0 Å².